The minimum absolute atomic E-state index is 0.0492. The minimum Gasteiger partial charge on any atom is -0.490 e. The van der Waals surface area contributed by atoms with Crippen LogP contribution >= 0.6 is 0 Å². The molecule has 204 valence electrons. The Labute approximate surface area is 223 Å². The van der Waals surface area contributed by atoms with Crippen molar-refractivity contribution in [3.8, 4) is 34.5 Å². The van der Waals surface area contributed by atoms with Crippen LogP contribution in [0.3, 0.4) is 0 Å². The summed E-state index contributed by atoms with van der Waals surface area (Å²) in [6, 6.07) is 8.00. The molecular formula is C31H44O6. The Morgan fingerprint density at radius 3 is 1.22 bits per heavy atom. The standard InChI is InChI=1S/C31H44O6/c1-10-23(24-15-17-26(36-19-21(6)7)30(34-13-4)28(24)32-11-2)25-16-18-27(37-20-22(8)9)31(35-14-5)29(25)33-12-3/h15-18,23H,6,8,10-14,19-20H2,1-5,7,9H3. The predicted molar refractivity (Wildman–Crippen MR) is 150 cm³/mol. The minimum atomic E-state index is -0.0492. The molecule has 0 saturated carbocycles. The first-order valence-electron chi connectivity index (χ1n) is 13.2. The highest BCUT2D eigenvalue weighted by Crippen LogP contribution is 2.50. The van der Waals surface area contributed by atoms with Gasteiger partial charge < -0.3 is 28.4 Å². The van der Waals surface area contributed by atoms with Gasteiger partial charge in [-0.1, -0.05) is 32.2 Å². The van der Waals surface area contributed by atoms with Crippen LogP contribution in [0.4, 0.5) is 0 Å². The molecule has 0 atom stereocenters. The van der Waals surface area contributed by atoms with Crippen molar-refractivity contribution >= 4 is 0 Å². The van der Waals surface area contributed by atoms with E-state index in [2.05, 4.69) is 32.2 Å². The molecule has 0 saturated heterocycles. The van der Waals surface area contributed by atoms with Crippen molar-refractivity contribution in [3.05, 3.63) is 59.7 Å². The first kappa shape index (κ1) is 29.9. The van der Waals surface area contributed by atoms with Gasteiger partial charge in [-0.2, -0.15) is 0 Å². The third-order valence-electron chi connectivity index (χ3n) is 5.47. The first-order valence-corrected chi connectivity index (χ1v) is 13.2. The zero-order chi connectivity index (χ0) is 27.4. The molecule has 0 bridgehead atoms. The van der Waals surface area contributed by atoms with Crippen molar-refractivity contribution in [2.45, 2.75) is 60.8 Å². The number of benzene rings is 2. The highest BCUT2D eigenvalue weighted by molar-refractivity contribution is 5.63. The molecule has 0 fully saturated rings. The van der Waals surface area contributed by atoms with Crippen LogP contribution in [0.1, 0.15) is 71.9 Å². The van der Waals surface area contributed by atoms with E-state index in [9.17, 15) is 0 Å². The molecule has 0 spiro atoms. The van der Waals surface area contributed by atoms with Gasteiger partial charge in [0.25, 0.3) is 0 Å². The summed E-state index contributed by atoms with van der Waals surface area (Å²) in [5.41, 5.74) is 3.84. The molecule has 0 aromatic heterocycles. The molecule has 0 aliphatic rings. The van der Waals surface area contributed by atoms with E-state index < -0.39 is 0 Å². The lowest BCUT2D eigenvalue weighted by molar-refractivity contribution is 0.258. The Balaban J connectivity index is 2.73. The monoisotopic (exact) mass is 512 g/mol. The van der Waals surface area contributed by atoms with Crippen LogP contribution in [0.25, 0.3) is 0 Å². The molecule has 0 amide bonds. The van der Waals surface area contributed by atoms with E-state index in [0.29, 0.717) is 74.1 Å². The molecule has 37 heavy (non-hydrogen) atoms. The molecule has 0 radical (unpaired) electrons. The largest absolute Gasteiger partial charge is 0.490 e. The summed E-state index contributed by atoms with van der Waals surface area (Å²) in [5.74, 6) is 3.78. The maximum Gasteiger partial charge on any atom is 0.203 e. The Bertz CT molecular complexity index is 961. The summed E-state index contributed by atoms with van der Waals surface area (Å²) in [4.78, 5) is 0. The topological polar surface area (TPSA) is 55.4 Å². The van der Waals surface area contributed by atoms with Gasteiger partial charge in [0.15, 0.2) is 23.0 Å². The van der Waals surface area contributed by atoms with Crippen LogP contribution in [0.15, 0.2) is 48.6 Å². The van der Waals surface area contributed by atoms with Gasteiger partial charge in [0.1, 0.15) is 13.2 Å². The van der Waals surface area contributed by atoms with E-state index in [1.807, 2.05) is 53.7 Å². The van der Waals surface area contributed by atoms with E-state index in [-0.39, 0.29) is 5.92 Å². The van der Waals surface area contributed by atoms with Crippen molar-refractivity contribution in [1.82, 2.24) is 0 Å². The van der Waals surface area contributed by atoms with Gasteiger partial charge in [-0.05, 0) is 71.2 Å². The van der Waals surface area contributed by atoms with Gasteiger partial charge in [-0.3, -0.25) is 0 Å². The van der Waals surface area contributed by atoms with Crippen molar-refractivity contribution in [2.75, 3.05) is 39.6 Å². The summed E-state index contributed by atoms with van der Waals surface area (Å²) in [6.45, 7) is 24.5. The average Bonchev–Trinajstić information content (AvgIpc) is 2.86. The zero-order valence-corrected chi connectivity index (χ0v) is 23.7. The molecule has 0 aliphatic heterocycles. The number of rotatable bonds is 17. The van der Waals surface area contributed by atoms with Crippen LogP contribution in [0.5, 0.6) is 34.5 Å². The van der Waals surface area contributed by atoms with E-state index >= 15 is 0 Å². The number of ether oxygens (including phenoxy) is 6. The lowest BCUT2D eigenvalue weighted by atomic mass is 9.87. The van der Waals surface area contributed by atoms with Crippen LogP contribution in [-0.4, -0.2) is 39.6 Å². The normalized spacial score (nSPS) is 10.7. The second-order valence-corrected chi connectivity index (χ2v) is 8.81. The lowest BCUT2D eigenvalue weighted by Gasteiger charge is -2.26. The van der Waals surface area contributed by atoms with E-state index in [4.69, 9.17) is 28.4 Å². The van der Waals surface area contributed by atoms with Gasteiger partial charge >= 0.3 is 0 Å². The fraction of sp³-hybridized carbons (Fsp3) is 0.484. The fourth-order valence-electron chi connectivity index (χ4n) is 4.05. The SMILES string of the molecule is C=C(C)COc1ccc(C(CC)c2ccc(OCC(=C)C)c(OCC)c2OCC)c(OCC)c1OCC. The smallest absolute Gasteiger partial charge is 0.203 e. The van der Waals surface area contributed by atoms with E-state index in [0.717, 1.165) is 28.7 Å². The highest BCUT2D eigenvalue weighted by Gasteiger charge is 2.28. The van der Waals surface area contributed by atoms with Crippen LogP contribution in [-0.2, 0) is 0 Å². The maximum absolute atomic E-state index is 6.20. The van der Waals surface area contributed by atoms with Crippen molar-refractivity contribution in [1.29, 1.82) is 0 Å². The van der Waals surface area contributed by atoms with Gasteiger partial charge in [0.2, 0.25) is 11.5 Å². The molecule has 6 heteroatoms. The Hall–Kier alpha value is -3.28. The molecule has 6 nitrogen and oxygen atoms in total. The number of hydrogen-bond acceptors (Lipinski definition) is 6. The molecule has 0 aliphatic carbocycles. The maximum atomic E-state index is 6.20. The molecule has 0 N–H and O–H groups in total. The van der Waals surface area contributed by atoms with Gasteiger partial charge in [-0.15, -0.1) is 0 Å². The Kier molecular flexibility index (Phi) is 12.2. The fourth-order valence-corrected chi connectivity index (χ4v) is 4.05. The molecular weight excluding hydrogens is 468 g/mol. The van der Waals surface area contributed by atoms with Crippen molar-refractivity contribution in [2.24, 2.45) is 0 Å². The highest BCUT2D eigenvalue weighted by atomic mass is 16.5. The summed E-state index contributed by atoms with van der Waals surface area (Å²) in [6.07, 6.45) is 0.801. The first-order chi connectivity index (χ1) is 17.8. The zero-order valence-electron chi connectivity index (χ0n) is 23.7. The van der Waals surface area contributed by atoms with E-state index in [1.54, 1.807) is 0 Å². The second-order valence-electron chi connectivity index (χ2n) is 8.81. The summed E-state index contributed by atoms with van der Waals surface area (Å²) >= 11 is 0. The molecule has 2 aromatic carbocycles. The van der Waals surface area contributed by atoms with Crippen LogP contribution in [0, 0.1) is 0 Å². The van der Waals surface area contributed by atoms with Gasteiger partial charge in [0, 0.05) is 17.0 Å². The molecule has 2 aromatic rings. The molecule has 0 unspecified atom stereocenters. The average molecular weight is 513 g/mol. The third-order valence-corrected chi connectivity index (χ3v) is 5.47. The van der Waals surface area contributed by atoms with Gasteiger partial charge in [0.05, 0.1) is 26.4 Å². The van der Waals surface area contributed by atoms with Crippen LogP contribution < -0.4 is 28.4 Å². The van der Waals surface area contributed by atoms with Crippen molar-refractivity contribution < 1.29 is 28.4 Å². The predicted octanol–water partition coefficient (Wildman–Crippen LogP) is 7.73. The Morgan fingerprint density at radius 1 is 0.568 bits per heavy atom. The third kappa shape index (κ3) is 7.85. The number of hydrogen-bond donors (Lipinski definition) is 0. The van der Waals surface area contributed by atoms with Crippen molar-refractivity contribution in [3.63, 3.8) is 0 Å². The Morgan fingerprint density at radius 2 is 0.919 bits per heavy atom. The summed E-state index contributed by atoms with van der Waals surface area (Å²) in [7, 11) is 0. The van der Waals surface area contributed by atoms with E-state index in [1.165, 1.54) is 0 Å². The van der Waals surface area contributed by atoms with Gasteiger partial charge in [-0.25, -0.2) is 0 Å². The van der Waals surface area contributed by atoms with Crippen LogP contribution in [0.2, 0.25) is 0 Å². The second kappa shape index (κ2) is 15.1. The lowest BCUT2D eigenvalue weighted by Crippen LogP contribution is -2.11. The summed E-state index contributed by atoms with van der Waals surface area (Å²) in [5, 5.41) is 0. The molecule has 0 heterocycles. The summed E-state index contributed by atoms with van der Waals surface area (Å²) < 4.78 is 36.6. The molecule has 2 rings (SSSR count). The quantitative estimate of drug-likeness (QED) is 0.202.